The number of likely N-dealkylation sites (tertiary alicyclic amines) is 1. The minimum atomic E-state index is -3.51. The van der Waals surface area contributed by atoms with Gasteiger partial charge >= 0.3 is 0 Å². The van der Waals surface area contributed by atoms with Gasteiger partial charge in [0.15, 0.2) is 6.04 Å². The average Bonchev–Trinajstić information content (AvgIpc) is 3.27. The van der Waals surface area contributed by atoms with Crippen LogP contribution in [0.25, 0.3) is 10.8 Å². The number of amides is 1. The van der Waals surface area contributed by atoms with Crippen LogP contribution >= 0.6 is 0 Å². The standard InChI is InChI=1S/C21H27N3O3S/c1-17(21(25)23-10-4-5-11-23)22-12-14-24(15-13-22)28(26,27)20-9-8-18-6-2-3-7-19(18)16-20/h2-3,6-9,16-17H,4-5,10-15H2,1H3/p+1/t17-/m1/s1. The molecule has 2 aliphatic heterocycles. The van der Waals surface area contributed by atoms with Gasteiger partial charge in [0.25, 0.3) is 5.91 Å². The maximum absolute atomic E-state index is 13.1. The van der Waals surface area contributed by atoms with Crippen molar-refractivity contribution in [3.8, 4) is 0 Å². The second kappa shape index (κ2) is 7.81. The molecule has 2 heterocycles. The van der Waals surface area contributed by atoms with E-state index in [-0.39, 0.29) is 11.9 Å². The topological polar surface area (TPSA) is 62.1 Å². The maximum atomic E-state index is 13.1. The number of benzene rings is 2. The first-order valence-electron chi connectivity index (χ1n) is 10.1. The number of piperazine rings is 1. The summed E-state index contributed by atoms with van der Waals surface area (Å²) in [4.78, 5) is 16.1. The molecule has 2 aromatic rings. The largest absolute Gasteiger partial charge is 0.338 e. The number of nitrogens with one attached hydrogen (secondary N) is 1. The van der Waals surface area contributed by atoms with E-state index in [0.29, 0.717) is 31.1 Å². The van der Waals surface area contributed by atoms with E-state index in [1.54, 1.807) is 16.4 Å². The summed E-state index contributed by atoms with van der Waals surface area (Å²) in [5.41, 5.74) is 0. The monoisotopic (exact) mass is 402 g/mol. The fourth-order valence-corrected chi connectivity index (χ4v) is 5.79. The molecular weight excluding hydrogens is 374 g/mol. The van der Waals surface area contributed by atoms with Crippen LogP contribution in [0.5, 0.6) is 0 Å². The van der Waals surface area contributed by atoms with Gasteiger partial charge in [-0.3, -0.25) is 4.79 Å². The van der Waals surface area contributed by atoms with Crippen molar-refractivity contribution in [1.29, 1.82) is 0 Å². The molecule has 1 atom stereocenters. The molecule has 1 amide bonds. The molecule has 0 aliphatic carbocycles. The lowest BCUT2D eigenvalue weighted by Gasteiger charge is -2.35. The SMILES string of the molecule is C[C@H](C(=O)N1CCCC1)[NH+]1CCN(S(=O)(=O)c2ccc3ccccc3c2)CC1. The van der Waals surface area contributed by atoms with Crippen LogP contribution in [0.3, 0.4) is 0 Å². The summed E-state index contributed by atoms with van der Waals surface area (Å²) in [6.45, 7) is 5.91. The van der Waals surface area contributed by atoms with E-state index < -0.39 is 10.0 Å². The molecule has 0 aromatic heterocycles. The van der Waals surface area contributed by atoms with Crippen molar-refractivity contribution in [3.05, 3.63) is 42.5 Å². The lowest BCUT2D eigenvalue weighted by atomic mass is 10.1. The van der Waals surface area contributed by atoms with Gasteiger partial charge < -0.3 is 9.80 Å². The highest BCUT2D eigenvalue weighted by molar-refractivity contribution is 7.89. The second-order valence-corrected chi connectivity index (χ2v) is 9.76. The van der Waals surface area contributed by atoms with E-state index in [2.05, 4.69) is 0 Å². The molecular formula is C21H28N3O3S+. The Morgan fingerprint density at radius 2 is 1.61 bits per heavy atom. The van der Waals surface area contributed by atoms with E-state index in [4.69, 9.17) is 0 Å². The molecule has 2 fully saturated rings. The van der Waals surface area contributed by atoms with Gasteiger partial charge in [0.1, 0.15) is 0 Å². The number of quaternary nitrogens is 1. The van der Waals surface area contributed by atoms with Gasteiger partial charge in [-0.05, 0) is 42.7 Å². The third-order valence-electron chi connectivity index (χ3n) is 6.12. The van der Waals surface area contributed by atoms with Crippen molar-refractivity contribution in [2.45, 2.75) is 30.7 Å². The lowest BCUT2D eigenvalue weighted by molar-refractivity contribution is -0.918. The van der Waals surface area contributed by atoms with E-state index in [9.17, 15) is 13.2 Å². The molecule has 2 saturated heterocycles. The van der Waals surface area contributed by atoms with Gasteiger partial charge in [-0.2, -0.15) is 4.31 Å². The highest BCUT2D eigenvalue weighted by Gasteiger charge is 2.36. The number of hydrogen-bond acceptors (Lipinski definition) is 3. The molecule has 2 aromatic carbocycles. The van der Waals surface area contributed by atoms with Crippen LogP contribution in [0.1, 0.15) is 19.8 Å². The molecule has 1 N–H and O–H groups in total. The zero-order valence-corrected chi connectivity index (χ0v) is 17.1. The van der Waals surface area contributed by atoms with Crippen LogP contribution in [-0.2, 0) is 14.8 Å². The number of hydrogen-bond donors (Lipinski definition) is 1. The predicted octanol–water partition coefficient (Wildman–Crippen LogP) is 0.740. The van der Waals surface area contributed by atoms with Crippen molar-refractivity contribution in [1.82, 2.24) is 9.21 Å². The van der Waals surface area contributed by atoms with Gasteiger partial charge in [0, 0.05) is 13.1 Å². The number of nitrogens with zero attached hydrogens (tertiary/aromatic N) is 2. The van der Waals surface area contributed by atoms with Crippen LogP contribution in [0.15, 0.2) is 47.4 Å². The first kappa shape index (κ1) is 19.4. The third-order valence-corrected chi connectivity index (χ3v) is 8.02. The van der Waals surface area contributed by atoms with Gasteiger partial charge in [-0.15, -0.1) is 0 Å². The first-order chi connectivity index (χ1) is 13.5. The Balaban J connectivity index is 1.43. The average molecular weight is 403 g/mol. The van der Waals surface area contributed by atoms with E-state index in [1.165, 1.54) is 4.90 Å². The molecule has 7 heteroatoms. The zero-order valence-electron chi connectivity index (χ0n) is 16.3. The lowest BCUT2D eigenvalue weighted by Crippen LogP contribution is -3.19. The summed E-state index contributed by atoms with van der Waals surface area (Å²) in [5, 5.41) is 1.96. The summed E-state index contributed by atoms with van der Waals surface area (Å²) in [5.74, 6) is 0.207. The molecule has 0 bridgehead atoms. The van der Waals surface area contributed by atoms with Crippen LogP contribution in [-0.4, -0.2) is 68.8 Å². The van der Waals surface area contributed by atoms with Crippen molar-refractivity contribution < 1.29 is 18.1 Å². The molecule has 0 saturated carbocycles. The van der Waals surface area contributed by atoms with Crippen molar-refractivity contribution >= 4 is 26.7 Å². The Kier molecular flexibility index (Phi) is 5.40. The van der Waals surface area contributed by atoms with Gasteiger partial charge in [0.05, 0.1) is 31.1 Å². The Hall–Kier alpha value is -1.96. The number of sulfonamides is 1. The Morgan fingerprint density at radius 3 is 2.29 bits per heavy atom. The molecule has 0 unspecified atom stereocenters. The third kappa shape index (κ3) is 3.66. The van der Waals surface area contributed by atoms with Crippen LogP contribution < -0.4 is 4.90 Å². The van der Waals surface area contributed by atoms with Crippen LogP contribution in [0, 0.1) is 0 Å². The maximum Gasteiger partial charge on any atom is 0.280 e. The first-order valence-corrected chi connectivity index (χ1v) is 11.5. The van der Waals surface area contributed by atoms with Crippen molar-refractivity contribution in [2.75, 3.05) is 39.3 Å². The molecule has 28 heavy (non-hydrogen) atoms. The predicted molar refractivity (Wildman–Crippen MR) is 109 cm³/mol. The fraction of sp³-hybridized carbons (Fsp3) is 0.476. The normalized spacial score (nSPS) is 20.5. The summed E-state index contributed by atoms with van der Waals surface area (Å²) in [6, 6.07) is 13.0. The van der Waals surface area contributed by atoms with Crippen LogP contribution in [0.4, 0.5) is 0 Å². The molecule has 6 nitrogen and oxygen atoms in total. The second-order valence-electron chi connectivity index (χ2n) is 7.83. The molecule has 0 radical (unpaired) electrons. The van der Waals surface area contributed by atoms with Gasteiger partial charge in [0.2, 0.25) is 10.0 Å². The Labute approximate surface area is 166 Å². The molecule has 150 valence electrons. The molecule has 4 rings (SSSR count). The van der Waals surface area contributed by atoms with Gasteiger partial charge in [-0.25, -0.2) is 8.42 Å². The van der Waals surface area contributed by atoms with E-state index in [0.717, 1.165) is 36.7 Å². The molecule has 0 spiro atoms. The van der Waals surface area contributed by atoms with E-state index in [1.807, 2.05) is 42.2 Å². The fourth-order valence-electron chi connectivity index (χ4n) is 4.31. The minimum Gasteiger partial charge on any atom is -0.338 e. The van der Waals surface area contributed by atoms with Crippen molar-refractivity contribution in [2.24, 2.45) is 0 Å². The quantitative estimate of drug-likeness (QED) is 0.821. The summed E-state index contributed by atoms with van der Waals surface area (Å²) >= 11 is 0. The van der Waals surface area contributed by atoms with Crippen LogP contribution in [0.2, 0.25) is 0 Å². The summed E-state index contributed by atoms with van der Waals surface area (Å²) < 4.78 is 27.7. The molecule has 2 aliphatic rings. The minimum absolute atomic E-state index is 0.108. The Morgan fingerprint density at radius 1 is 0.964 bits per heavy atom. The Bertz CT molecular complexity index is 962. The summed E-state index contributed by atoms with van der Waals surface area (Å²) in [6.07, 6.45) is 2.18. The highest BCUT2D eigenvalue weighted by Crippen LogP contribution is 2.22. The smallest absolute Gasteiger partial charge is 0.280 e. The van der Waals surface area contributed by atoms with Crippen molar-refractivity contribution in [3.63, 3.8) is 0 Å². The zero-order chi connectivity index (χ0) is 19.7. The number of rotatable bonds is 4. The number of carbonyl (C=O) groups excluding carboxylic acids is 1. The van der Waals surface area contributed by atoms with E-state index >= 15 is 0 Å². The number of carbonyl (C=O) groups is 1. The number of fused-ring (bicyclic) bond motifs is 1. The summed E-state index contributed by atoms with van der Waals surface area (Å²) in [7, 11) is -3.51. The highest BCUT2D eigenvalue weighted by atomic mass is 32.2. The van der Waals surface area contributed by atoms with Gasteiger partial charge in [-0.1, -0.05) is 30.3 Å².